The van der Waals surface area contributed by atoms with Crippen molar-refractivity contribution >= 4 is 11.8 Å². The summed E-state index contributed by atoms with van der Waals surface area (Å²) >= 11 is 0. The molecular formula is C18H23N3O4. The minimum Gasteiger partial charge on any atom is -0.492 e. The lowest BCUT2D eigenvalue weighted by Gasteiger charge is -2.12. The van der Waals surface area contributed by atoms with Gasteiger partial charge in [0, 0.05) is 31.3 Å². The molecule has 134 valence electrons. The Morgan fingerprint density at radius 2 is 1.96 bits per heavy atom. The minimum absolute atomic E-state index is 0.271. The molecule has 0 spiro atoms. The monoisotopic (exact) mass is 345 g/mol. The fraction of sp³-hybridized carbons (Fsp3) is 0.333. The van der Waals surface area contributed by atoms with Crippen LogP contribution in [0.4, 0.5) is 5.82 Å². The van der Waals surface area contributed by atoms with Crippen LogP contribution in [-0.4, -0.2) is 35.8 Å². The number of nitrogens with two attached hydrogens (primary N) is 1. The summed E-state index contributed by atoms with van der Waals surface area (Å²) < 4.78 is 10.7. The van der Waals surface area contributed by atoms with Crippen molar-refractivity contribution in [3.63, 3.8) is 0 Å². The van der Waals surface area contributed by atoms with Gasteiger partial charge in [0.1, 0.15) is 23.9 Å². The third kappa shape index (κ3) is 6.40. The van der Waals surface area contributed by atoms with E-state index >= 15 is 0 Å². The number of rotatable bonds is 9. The molecule has 4 N–H and O–H groups in total. The zero-order chi connectivity index (χ0) is 18.1. The van der Waals surface area contributed by atoms with Crippen molar-refractivity contribution in [1.82, 2.24) is 10.3 Å². The van der Waals surface area contributed by atoms with Crippen molar-refractivity contribution in [3.05, 3.63) is 48.2 Å². The molecule has 7 nitrogen and oxygen atoms in total. The van der Waals surface area contributed by atoms with Gasteiger partial charge in [0.25, 0.3) is 0 Å². The molecule has 1 heterocycles. The number of esters is 1. The van der Waals surface area contributed by atoms with Gasteiger partial charge in [-0.2, -0.15) is 0 Å². The van der Waals surface area contributed by atoms with Crippen molar-refractivity contribution in [2.45, 2.75) is 19.4 Å². The fourth-order valence-corrected chi connectivity index (χ4v) is 2.02. The Bertz CT molecular complexity index is 659. The standard InChI is InChI=1S/C18H23N3O4/c1-2-18(23)25-15-6-4-14(5-7-15)24-10-9-20-12-16(22)13-3-8-17(19)21-11-13/h3-8,11,16,20,22H,2,9-10,12H2,1H3,(H2,19,21)/t16-/m1/s1. The van der Waals surface area contributed by atoms with Gasteiger partial charge >= 0.3 is 5.97 Å². The molecule has 1 aromatic heterocycles. The van der Waals surface area contributed by atoms with E-state index in [0.29, 0.717) is 49.0 Å². The Morgan fingerprint density at radius 1 is 1.24 bits per heavy atom. The van der Waals surface area contributed by atoms with Crippen LogP contribution >= 0.6 is 0 Å². The van der Waals surface area contributed by atoms with Gasteiger partial charge in [-0.15, -0.1) is 0 Å². The molecule has 2 aromatic rings. The van der Waals surface area contributed by atoms with Gasteiger partial charge in [-0.3, -0.25) is 4.79 Å². The third-order valence-corrected chi connectivity index (χ3v) is 3.42. The number of anilines is 1. The van der Waals surface area contributed by atoms with Crippen LogP contribution in [0.1, 0.15) is 25.0 Å². The number of carbonyl (C=O) groups excluding carboxylic acids is 1. The number of carbonyl (C=O) groups is 1. The summed E-state index contributed by atoms with van der Waals surface area (Å²) in [7, 11) is 0. The second kappa shape index (κ2) is 9.61. The molecule has 0 unspecified atom stereocenters. The largest absolute Gasteiger partial charge is 0.492 e. The first-order chi connectivity index (χ1) is 12.1. The molecule has 0 saturated heterocycles. The maximum absolute atomic E-state index is 11.2. The normalized spacial score (nSPS) is 11.8. The molecule has 0 saturated carbocycles. The predicted molar refractivity (Wildman–Crippen MR) is 94.3 cm³/mol. The second-order valence-electron chi connectivity index (χ2n) is 5.38. The number of hydrogen-bond donors (Lipinski definition) is 3. The van der Waals surface area contributed by atoms with E-state index in [4.69, 9.17) is 15.2 Å². The van der Waals surface area contributed by atoms with Gasteiger partial charge in [0.15, 0.2) is 0 Å². The lowest BCUT2D eigenvalue weighted by Crippen LogP contribution is -2.26. The summed E-state index contributed by atoms with van der Waals surface area (Å²) in [4.78, 5) is 15.1. The SMILES string of the molecule is CCC(=O)Oc1ccc(OCCNC[C@@H](O)c2ccc(N)nc2)cc1. The van der Waals surface area contributed by atoms with Gasteiger partial charge in [-0.1, -0.05) is 13.0 Å². The highest BCUT2D eigenvalue weighted by Gasteiger charge is 2.07. The number of nitrogen functional groups attached to an aromatic ring is 1. The zero-order valence-corrected chi connectivity index (χ0v) is 14.1. The predicted octanol–water partition coefficient (Wildman–Crippen LogP) is 1.68. The summed E-state index contributed by atoms with van der Waals surface area (Å²) in [5, 5.41) is 13.1. The Labute approximate surface area is 146 Å². The average Bonchev–Trinajstić information content (AvgIpc) is 2.63. The molecule has 0 amide bonds. The Kier molecular flexibility index (Phi) is 7.18. The first-order valence-electron chi connectivity index (χ1n) is 8.12. The van der Waals surface area contributed by atoms with E-state index < -0.39 is 6.10 Å². The number of pyridine rings is 1. The molecule has 0 aliphatic carbocycles. The van der Waals surface area contributed by atoms with E-state index in [0.717, 1.165) is 0 Å². The van der Waals surface area contributed by atoms with E-state index in [2.05, 4.69) is 10.3 Å². The average molecular weight is 345 g/mol. The number of aliphatic hydroxyl groups excluding tert-OH is 1. The van der Waals surface area contributed by atoms with Crippen LogP contribution in [0.25, 0.3) is 0 Å². The van der Waals surface area contributed by atoms with Crippen LogP contribution in [0, 0.1) is 0 Å². The van der Waals surface area contributed by atoms with Crippen LogP contribution in [-0.2, 0) is 4.79 Å². The number of nitrogens with zero attached hydrogens (tertiary/aromatic N) is 1. The molecule has 7 heteroatoms. The number of hydrogen-bond acceptors (Lipinski definition) is 7. The van der Waals surface area contributed by atoms with Gasteiger partial charge in [0.05, 0.1) is 6.10 Å². The summed E-state index contributed by atoms with van der Waals surface area (Å²) in [6, 6.07) is 10.3. The number of benzene rings is 1. The molecule has 0 fully saturated rings. The van der Waals surface area contributed by atoms with Crippen molar-refractivity contribution in [2.75, 3.05) is 25.4 Å². The lowest BCUT2D eigenvalue weighted by molar-refractivity contribution is -0.134. The summed E-state index contributed by atoms with van der Waals surface area (Å²) in [6.45, 7) is 3.15. The molecule has 1 atom stereocenters. The van der Waals surface area contributed by atoms with Gasteiger partial charge in [-0.05, 0) is 30.3 Å². The summed E-state index contributed by atoms with van der Waals surface area (Å²) in [5.74, 6) is 1.33. The molecule has 2 rings (SSSR count). The molecule has 0 radical (unpaired) electrons. The van der Waals surface area contributed by atoms with Crippen molar-refractivity contribution < 1.29 is 19.4 Å². The van der Waals surface area contributed by atoms with Crippen LogP contribution in [0.3, 0.4) is 0 Å². The van der Waals surface area contributed by atoms with Crippen molar-refractivity contribution in [3.8, 4) is 11.5 Å². The first-order valence-corrected chi connectivity index (χ1v) is 8.12. The van der Waals surface area contributed by atoms with E-state index in [1.807, 2.05) is 0 Å². The fourth-order valence-electron chi connectivity index (χ4n) is 2.02. The first kappa shape index (κ1) is 18.7. The highest BCUT2D eigenvalue weighted by Crippen LogP contribution is 2.18. The van der Waals surface area contributed by atoms with Gasteiger partial charge < -0.3 is 25.6 Å². The second-order valence-corrected chi connectivity index (χ2v) is 5.38. The van der Waals surface area contributed by atoms with Crippen LogP contribution in [0.15, 0.2) is 42.6 Å². The maximum atomic E-state index is 11.2. The van der Waals surface area contributed by atoms with Crippen molar-refractivity contribution in [2.24, 2.45) is 0 Å². The number of ether oxygens (including phenoxy) is 2. The molecule has 0 bridgehead atoms. The number of nitrogens with one attached hydrogen (secondary N) is 1. The van der Waals surface area contributed by atoms with Crippen LogP contribution < -0.4 is 20.5 Å². The van der Waals surface area contributed by atoms with Gasteiger partial charge in [0.2, 0.25) is 0 Å². The van der Waals surface area contributed by atoms with E-state index in [1.54, 1.807) is 49.5 Å². The Hall–Kier alpha value is -2.64. The Balaban J connectivity index is 1.65. The maximum Gasteiger partial charge on any atom is 0.310 e. The number of aliphatic hydroxyl groups is 1. The van der Waals surface area contributed by atoms with Gasteiger partial charge in [-0.25, -0.2) is 4.98 Å². The molecule has 0 aliphatic heterocycles. The quantitative estimate of drug-likeness (QED) is 0.360. The molecule has 25 heavy (non-hydrogen) atoms. The molecule has 0 aliphatic rings. The van der Waals surface area contributed by atoms with E-state index in [-0.39, 0.29) is 5.97 Å². The van der Waals surface area contributed by atoms with E-state index in [1.165, 1.54) is 0 Å². The highest BCUT2D eigenvalue weighted by atomic mass is 16.5. The number of aromatic nitrogens is 1. The Morgan fingerprint density at radius 3 is 2.60 bits per heavy atom. The molecule has 1 aromatic carbocycles. The smallest absolute Gasteiger partial charge is 0.310 e. The summed E-state index contributed by atoms with van der Waals surface area (Å²) in [5.41, 5.74) is 6.22. The third-order valence-electron chi connectivity index (χ3n) is 3.42. The van der Waals surface area contributed by atoms with Crippen LogP contribution in [0.5, 0.6) is 11.5 Å². The minimum atomic E-state index is -0.652. The highest BCUT2D eigenvalue weighted by molar-refractivity contribution is 5.71. The molecular weight excluding hydrogens is 322 g/mol. The summed E-state index contributed by atoms with van der Waals surface area (Å²) in [6.07, 6.45) is 1.24. The van der Waals surface area contributed by atoms with Crippen molar-refractivity contribution in [1.29, 1.82) is 0 Å². The topological polar surface area (TPSA) is 107 Å². The van der Waals surface area contributed by atoms with E-state index in [9.17, 15) is 9.90 Å². The zero-order valence-electron chi connectivity index (χ0n) is 14.1. The lowest BCUT2D eigenvalue weighted by atomic mass is 10.1. The van der Waals surface area contributed by atoms with Crippen LogP contribution in [0.2, 0.25) is 0 Å².